The van der Waals surface area contributed by atoms with E-state index in [9.17, 15) is 42.0 Å². The number of ether oxygens (including phenoxy) is 4. The van der Waals surface area contributed by atoms with E-state index in [1.165, 1.54) is 30.5 Å². The fourth-order valence-corrected chi connectivity index (χ4v) is 11.0. The molecule has 4 aliphatic rings. The largest absolute Gasteiger partial charge is 0.428 e. The average molecular weight is 809 g/mol. The molecule has 4 fully saturated rings. The molecule has 19 heteroatoms. The molecule has 0 aliphatic carbocycles. The van der Waals surface area contributed by atoms with Crippen molar-refractivity contribution in [2.75, 3.05) is 13.6 Å². The van der Waals surface area contributed by atoms with Gasteiger partial charge in [0.15, 0.2) is 9.84 Å². The number of fused-ring (bicyclic) bond motifs is 2. The molecule has 1 aromatic rings. The first-order valence-electron chi connectivity index (χ1n) is 18.2. The number of carbonyl (C=O) groups is 7. The maximum Gasteiger partial charge on any atom is 0.333 e. The van der Waals surface area contributed by atoms with Crippen LogP contribution in [0.25, 0.3) is 0 Å². The summed E-state index contributed by atoms with van der Waals surface area (Å²) in [6, 6.07) is 4.73. The summed E-state index contributed by atoms with van der Waals surface area (Å²) in [6.07, 6.45) is 4.13. The predicted molar refractivity (Wildman–Crippen MR) is 194 cm³/mol. The molecule has 0 saturated carbocycles. The van der Waals surface area contributed by atoms with Crippen LogP contribution in [-0.2, 0) is 62.3 Å². The van der Waals surface area contributed by atoms with E-state index in [-0.39, 0.29) is 19.3 Å². The molecule has 55 heavy (non-hydrogen) atoms. The zero-order chi connectivity index (χ0) is 40.3. The molecular weight excluding hydrogens is 761 g/mol. The molecule has 4 heterocycles. The Labute approximate surface area is 323 Å². The topological polar surface area (TPSA) is 235 Å². The van der Waals surface area contributed by atoms with Gasteiger partial charge >= 0.3 is 23.9 Å². The lowest BCUT2D eigenvalue weighted by atomic mass is 9.95. The van der Waals surface area contributed by atoms with Gasteiger partial charge in [-0.05, 0) is 46.1 Å². The van der Waals surface area contributed by atoms with E-state index in [1.807, 2.05) is 0 Å². The minimum Gasteiger partial charge on any atom is -0.428 e. The summed E-state index contributed by atoms with van der Waals surface area (Å²) >= 11 is 1.36. The van der Waals surface area contributed by atoms with Crippen molar-refractivity contribution in [1.29, 1.82) is 0 Å². The highest BCUT2D eigenvalue weighted by Crippen LogP contribution is 2.51. The maximum absolute atomic E-state index is 13.0. The molecule has 3 N–H and O–H groups in total. The highest BCUT2D eigenvalue weighted by atomic mass is 32.2. The van der Waals surface area contributed by atoms with E-state index < -0.39 is 109 Å². The number of thioether (sulfide) groups is 1. The molecule has 4 aliphatic heterocycles. The van der Waals surface area contributed by atoms with E-state index in [0.717, 1.165) is 24.2 Å². The fourth-order valence-electron chi connectivity index (χ4n) is 7.25. The Morgan fingerprint density at radius 3 is 1.89 bits per heavy atom. The smallest absolute Gasteiger partial charge is 0.333 e. The summed E-state index contributed by atoms with van der Waals surface area (Å²) in [6.45, 7) is 5.05. The van der Waals surface area contributed by atoms with Gasteiger partial charge in [-0.3, -0.25) is 24.0 Å². The minimum absolute atomic E-state index is 0.0858. The maximum atomic E-state index is 13.0. The van der Waals surface area contributed by atoms with Crippen molar-refractivity contribution in [2.24, 2.45) is 5.73 Å². The minimum atomic E-state index is -3.75. The van der Waals surface area contributed by atoms with Gasteiger partial charge < -0.3 is 39.8 Å². The van der Waals surface area contributed by atoms with Gasteiger partial charge in [0.1, 0.15) is 34.9 Å². The Morgan fingerprint density at radius 1 is 0.818 bits per heavy atom. The van der Waals surface area contributed by atoms with Crippen molar-refractivity contribution in [2.45, 2.75) is 130 Å². The molecule has 1 aromatic carbocycles. The second-order valence-corrected chi connectivity index (χ2v) is 19.4. The van der Waals surface area contributed by atoms with Crippen molar-refractivity contribution in [1.82, 2.24) is 15.1 Å². The van der Waals surface area contributed by atoms with Gasteiger partial charge in [0.2, 0.25) is 31.3 Å². The number of amides is 3. The lowest BCUT2D eigenvalue weighted by Gasteiger charge is -2.44. The third-order valence-electron chi connectivity index (χ3n) is 10.5. The highest BCUT2D eigenvalue weighted by Gasteiger charge is 2.68. The lowest BCUT2D eigenvalue weighted by Crippen LogP contribution is -2.71. The second-order valence-electron chi connectivity index (χ2n) is 15.0. The van der Waals surface area contributed by atoms with Crippen molar-refractivity contribution < 1.29 is 60.9 Å². The fraction of sp³-hybridized carbons (Fsp3) is 0.639. The van der Waals surface area contributed by atoms with E-state index in [4.69, 9.17) is 24.7 Å². The first-order chi connectivity index (χ1) is 25.9. The van der Waals surface area contributed by atoms with Crippen molar-refractivity contribution in [3.63, 3.8) is 0 Å². The van der Waals surface area contributed by atoms with Crippen LogP contribution in [0.3, 0.4) is 0 Å². The number of rotatable bonds is 18. The summed E-state index contributed by atoms with van der Waals surface area (Å²) in [7, 11) is -3.75. The van der Waals surface area contributed by atoms with Crippen molar-refractivity contribution in [3.05, 3.63) is 35.9 Å². The Bertz CT molecular complexity index is 1790. The predicted octanol–water partition coefficient (Wildman–Crippen LogP) is 1.58. The number of carbonyl (C=O) groups excluding carboxylic acids is 7. The van der Waals surface area contributed by atoms with Crippen LogP contribution in [0.5, 0.6) is 0 Å². The average Bonchev–Trinajstić information content (AvgIpc) is 3.46. The van der Waals surface area contributed by atoms with Gasteiger partial charge in [-0.2, -0.15) is 0 Å². The third-order valence-corrected chi connectivity index (χ3v) is 14.8. The number of β-lactam (4-membered cyclic amide) rings is 2. The van der Waals surface area contributed by atoms with Crippen LogP contribution < -0.4 is 11.1 Å². The number of hydrogen-bond donors (Lipinski definition) is 2. The molecule has 4 saturated heterocycles. The van der Waals surface area contributed by atoms with Gasteiger partial charge in [0, 0.05) is 17.6 Å². The molecule has 3 amide bonds. The number of hydrogen-bond acceptors (Lipinski definition) is 15. The number of unbranched alkanes of at least 4 members (excludes halogenated alkanes) is 5. The summed E-state index contributed by atoms with van der Waals surface area (Å²) in [4.78, 5) is 90.1. The number of nitrogens with one attached hydrogen (secondary N) is 1. The van der Waals surface area contributed by atoms with E-state index in [0.29, 0.717) is 24.8 Å². The van der Waals surface area contributed by atoms with Crippen LogP contribution in [0.1, 0.15) is 97.1 Å². The number of sulfone groups is 1. The molecular formula is C36H48N4O13S2. The van der Waals surface area contributed by atoms with Gasteiger partial charge in [-0.15, -0.1) is 11.8 Å². The van der Waals surface area contributed by atoms with Gasteiger partial charge in [-0.1, -0.05) is 56.0 Å². The SMILES string of the molecule is CC1(C)S[C@@H]2[C@H](NC(=O)C(N)c3ccccc3)C(=O)N2[C@H]1C(=O)OCOC(=O)CCCCCCCCC(=O)OCOC(=O)[C@@H]1N2C(=O)C[C@H]2S(=O)(=O)C1(C)C. The summed E-state index contributed by atoms with van der Waals surface area (Å²) in [5.74, 6) is -4.17. The lowest BCUT2D eigenvalue weighted by molar-refractivity contribution is -0.177. The van der Waals surface area contributed by atoms with Crippen molar-refractivity contribution in [3.8, 4) is 0 Å². The molecule has 17 nitrogen and oxygen atoms in total. The zero-order valence-corrected chi connectivity index (χ0v) is 32.9. The molecule has 0 spiro atoms. The molecule has 1 unspecified atom stereocenters. The van der Waals surface area contributed by atoms with E-state index in [2.05, 4.69) is 5.32 Å². The van der Waals surface area contributed by atoms with Crippen LogP contribution in [0, 0.1) is 0 Å². The van der Waals surface area contributed by atoms with Crippen LogP contribution in [0.4, 0.5) is 0 Å². The third kappa shape index (κ3) is 8.62. The summed E-state index contributed by atoms with van der Waals surface area (Å²) in [5, 5.41) is 1.19. The molecule has 302 valence electrons. The van der Waals surface area contributed by atoms with Crippen LogP contribution in [0.2, 0.25) is 0 Å². The molecule has 0 radical (unpaired) electrons. The van der Waals surface area contributed by atoms with Gasteiger partial charge in [0.05, 0.1) is 11.2 Å². The molecule has 6 atom stereocenters. The normalized spacial score (nSPS) is 25.7. The van der Waals surface area contributed by atoms with Crippen LogP contribution >= 0.6 is 11.8 Å². The Balaban J connectivity index is 0.892. The van der Waals surface area contributed by atoms with Crippen LogP contribution in [0.15, 0.2) is 30.3 Å². The molecule has 0 bridgehead atoms. The monoisotopic (exact) mass is 808 g/mol. The Hall–Kier alpha value is -4.23. The van der Waals surface area contributed by atoms with Crippen LogP contribution in [-0.4, -0.2) is 112 Å². The number of nitrogens with zero attached hydrogens (tertiary/aromatic N) is 2. The van der Waals surface area contributed by atoms with E-state index >= 15 is 0 Å². The highest BCUT2D eigenvalue weighted by molar-refractivity contribution is 8.01. The standard InChI is InChI=1S/C36H48N4O13S2/c1-35(2)28(40-31(45)27(32(40)54-35)38-30(44)26(37)21-14-10-9-11-15-21)33(46)52-19-50-24(42)16-12-7-5-6-8-13-17-25(43)51-20-53-34(47)29-36(3,4)55(48,49)23-18-22(41)39(23)29/h9-11,14-15,23,26-29,32H,5-8,12-13,16-20,37H2,1-4H3,(H,38,44)/t23-,26?,27-,28+,29+,32-/m1/s1. The number of benzene rings is 1. The molecule has 0 aromatic heterocycles. The molecule has 5 rings (SSSR count). The zero-order valence-electron chi connectivity index (χ0n) is 31.2. The second kappa shape index (κ2) is 16.9. The van der Waals surface area contributed by atoms with Gasteiger partial charge in [0.25, 0.3) is 0 Å². The Kier molecular flexibility index (Phi) is 12.9. The first kappa shape index (κ1) is 41.9. The van der Waals surface area contributed by atoms with Crippen molar-refractivity contribution >= 4 is 63.2 Å². The van der Waals surface area contributed by atoms with Gasteiger partial charge in [-0.25, -0.2) is 18.0 Å². The van der Waals surface area contributed by atoms with E-state index in [1.54, 1.807) is 44.2 Å². The summed E-state index contributed by atoms with van der Waals surface area (Å²) < 4.78 is 43.3. The summed E-state index contributed by atoms with van der Waals surface area (Å²) in [5.41, 5.74) is 6.68. The number of nitrogens with two attached hydrogens (primary N) is 1. The number of esters is 4. The Morgan fingerprint density at radius 2 is 1.35 bits per heavy atom. The first-order valence-corrected chi connectivity index (χ1v) is 20.6. The quantitative estimate of drug-likeness (QED) is 0.0927.